The predicted octanol–water partition coefficient (Wildman–Crippen LogP) is 1.76. The second-order valence-electron chi connectivity index (χ2n) is 6.36. The van der Waals surface area contributed by atoms with Crippen LogP contribution < -0.4 is 4.90 Å². The maximum Gasteiger partial charge on any atom is 0.414 e. The number of nitrogens with zero attached hydrogens (tertiary/aromatic N) is 2. The highest BCUT2D eigenvalue weighted by atomic mass is 32.2. The fraction of sp³-hybridized carbons (Fsp3) is 0.412. The number of hydrogen-bond acceptors (Lipinski definition) is 6. The van der Waals surface area contributed by atoms with Gasteiger partial charge in [-0.1, -0.05) is 18.2 Å². The molecule has 0 unspecified atom stereocenters. The third-order valence-electron chi connectivity index (χ3n) is 4.37. The van der Waals surface area contributed by atoms with Gasteiger partial charge in [0.25, 0.3) is 10.1 Å². The first-order valence-corrected chi connectivity index (χ1v) is 10.1. The van der Waals surface area contributed by atoms with Gasteiger partial charge in [-0.05, 0) is 29.7 Å². The average molecular weight is 396 g/mol. The fourth-order valence-corrected chi connectivity index (χ4v) is 3.38. The number of carbonyl (C=O) groups excluding carboxylic acids is 1. The highest BCUT2D eigenvalue weighted by molar-refractivity contribution is 7.85. The molecule has 0 spiro atoms. The smallest absolute Gasteiger partial charge is 0.414 e. The molecule has 10 heteroatoms. The van der Waals surface area contributed by atoms with Crippen LogP contribution in [0, 0.1) is 0 Å². The van der Waals surface area contributed by atoms with E-state index < -0.39 is 28.4 Å². The Morgan fingerprint density at radius 1 is 1.33 bits per heavy atom. The molecule has 2 amide bonds. The summed E-state index contributed by atoms with van der Waals surface area (Å²) in [7, 11) is -3.59. The number of carbonyl (C=O) groups is 2. The molecule has 0 saturated carbocycles. The first kappa shape index (κ1) is 19.2. The number of amides is 2. The molecule has 1 aromatic carbocycles. The molecule has 1 saturated heterocycles. The Hall–Kier alpha value is -2.59. The molecule has 1 fully saturated rings. The zero-order chi connectivity index (χ0) is 19.6. The van der Waals surface area contributed by atoms with Crippen LogP contribution in [-0.4, -0.2) is 69.2 Å². The number of cyclic esters (lactones) is 1. The lowest BCUT2D eigenvalue weighted by molar-refractivity contribution is 0.107. The average Bonchev–Trinajstić information content (AvgIpc) is 3.00. The van der Waals surface area contributed by atoms with Gasteiger partial charge in [-0.3, -0.25) is 9.08 Å². The van der Waals surface area contributed by atoms with Gasteiger partial charge in [-0.2, -0.15) is 8.42 Å². The summed E-state index contributed by atoms with van der Waals surface area (Å²) in [6.45, 7) is 0.784. The van der Waals surface area contributed by atoms with Gasteiger partial charge in [0, 0.05) is 18.8 Å². The van der Waals surface area contributed by atoms with Crippen LogP contribution in [0.25, 0.3) is 5.57 Å². The van der Waals surface area contributed by atoms with Crippen molar-refractivity contribution in [3.63, 3.8) is 0 Å². The van der Waals surface area contributed by atoms with E-state index in [0.29, 0.717) is 25.2 Å². The summed E-state index contributed by atoms with van der Waals surface area (Å²) in [5, 5.41) is 8.99. The third-order valence-corrected chi connectivity index (χ3v) is 4.94. The zero-order valence-corrected chi connectivity index (χ0v) is 15.5. The van der Waals surface area contributed by atoms with Gasteiger partial charge >= 0.3 is 12.2 Å². The van der Waals surface area contributed by atoms with Crippen molar-refractivity contribution in [1.29, 1.82) is 0 Å². The lowest BCUT2D eigenvalue weighted by Crippen LogP contribution is -2.33. The molecule has 2 aliphatic heterocycles. The van der Waals surface area contributed by atoms with Crippen LogP contribution in [0.1, 0.15) is 12.0 Å². The SMILES string of the molecule is CS(=O)(=O)OC[C@H]1CN(c2ccc(C3=CCN(C(=O)O)CC3)cc2)C(=O)O1. The molecule has 1 N–H and O–H groups in total. The minimum atomic E-state index is -3.59. The van der Waals surface area contributed by atoms with Gasteiger partial charge in [0.2, 0.25) is 0 Å². The molecule has 0 bridgehead atoms. The maximum atomic E-state index is 12.0. The first-order valence-electron chi connectivity index (χ1n) is 8.33. The van der Waals surface area contributed by atoms with Crippen LogP contribution in [0.15, 0.2) is 30.3 Å². The summed E-state index contributed by atoms with van der Waals surface area (Å²) >= 11 is 0. The van der Waals surface area contributed by atoms with Crippen LogP contribution in [0.4, 0.5) is 15.3 Å². The van der Waals surface area contributed by atoms with Crippen molar-refractivity contribution in [1.82, 2.24) is 4.90 Å². The van der Waals surface area contributed by atoms with Gasteiger partial charge in [0.1, 0.15) is 12.7 Å². The van der Waals surface area contributed by atoms with E-state index in [4.69, 9.17) is 9.84 Å². The molecule has 1 atom stereocenters. The van der Waals surface area contributed by atoms with Gasteiger partial charge in [-0.15, -0.1) is 0 Å². The first-order chi connectivity index (χ1) is 12.7. The Balaban J connectivity index is 1.64. The van der Waals surface area contributed by atoms with Crippen LogP contribution in [-0.2, 0) is 19.0 Å². The van der Waals surface area contributed by atoms with Gasteiger partial charge in [-0.25, -0.2) is 9.59 Å². The molecule has 0 aromatic heterocycles. The monoisotopic (exact) mass is 396 g/mol. The minimum absolute atomic E-state index is 0.198. The van der Waals surface area contributed by atoms with Crippen LogP contribution >= 0.6 is 0 Å². The van der Waals surface area contributed by atoms with E-state index >= 15 is 0 Å². The maximum absolute atomic E-state index is 12.0. The van der Waals surface area contributed by atoms with Crippen LogP contribution in [0.5, 0.6) is 0 Å². The molecule has 2 heterocycles. The second-order valence-corrected chi connectivity index (χ2v) is 8.00. The van der Waals surface area contributed by atoms with Gasteiger partial charge in [0.05, 0.1) is 12.8 Å². The molecule has 27 heavy (non-hydrogen) atoms. The molecule has 3 rings (SSSR count). The molecule has 1 aromatic rings. The second kappa shape index (κ2) is 7.57. The molecule has 0 radical (unpaired) electrons. The van der Waals surface area contributed by atoms with Crippen molar-refractivity contribution >= 4 is 33.6 Å². The molecule has 2 aliphatic rings. The van der Waals surface area contributed by atoms with E-state index in [1.807, 2.05) is 18.2 Å². The van der Waals surface area contributed by atoms with E-state index in [1.54, 1.807) is 12.1 Å². The van der Waals surface area contributed by atoms with E-state index in [1.165, 1.54) is 9.80 Å². The summed E-state index contributed by atoms with van der Waals surface area (Å²) in [5.74, 6) is 0. The van der Waals surface area contributed by atoms with Crippen molar-refractivity contribution in [2.75, 3.05) is 37.4 Å². The fourth-order valence-electron chi connectivity index (χ4n) is 2.98. The highest BCUT2D eigenvalue weighted by Crippen LogP contribution is 2.27. The Morgan fingerprint density at radius 2 is 2.04 bits per heavy atom. The zero-order valence-electron chi connectivity index (χ0n) is 14.7. The summed E-state index contributed by atoms with van der Waals surface area (Å²) in [6.07, 6.45) is 1.31. The van der Waals surface area contributed by atoms with E-state index in [-0.39, 0.29) is 13.2 Å². The molecule has 146 valence electrons. The van der Waals surface area contributed by atoms with Crippen molar-refractivity contribution in [3.8, 4) is 0 Å². The molecule has 9 nitrogen and oxygen atoms in total. The number of carboxylic acid groups (broad SMARTS) is 1. The standard InChI is InChI=1S/C17H20N2O7S/c1-27(23,24)25-11-15-10-19(17(22)26-15)14-4-2-12(3-5-14)13-6-8-18(9-7-13)16(20)21/h2-6,15H,7-11H2,1H3,(H,20,21)/t15-/m1/s1. The largest absolute Gasteiger partial charge is 0.465 e. The topological polar surface area (TPSA) is 113 Å². The van der Waals surface area contributed by atoms with Crippen LogP contribution in [0.2, 0.25) is 0 Å². The number of benzene rings is 1. The van der Waals surface area contributed by atoms with Gasteiger partial charge < -0.3 is 14.7 Å². The number of ether oxygens (including phenoxy) is 1. The Kier molecular flexibility index (Phi) is 5.38. The predicted molar refractivity (Wildman–Crippen MR) is 97.0 cm³/mol. The van der Waals surface area contributed by atoms with E-state index in [0.717, 1.165) is 17.4 Å². The van der Waals surface area contributed by atoms with Crippen molar-refractivity contribution in [3.05, 3.63) is 35.9 Å². The normalized spacial score (nSPS) is 20.4. The number of hydrogen-bond donors (Lipinski definition) is 1. The summed E-state index contributed by atoms with van der Waals surface area (Å²) in [6, 6.07) is 7.29. The minimum Gasteiger partial charge on any atom is -0.465 e. The van der Waals surface area contributed by atoms with Crippen LogP contribution in [0.3, 0.4) is 0 Å². The highest BCUT2D eigenvalue weighted by Gasteiger charge is 2.33. The summed E-state index contributed by atoms with van der Waals surface area (Å²) in [4.78, 5) is 25.7. The molecule has 0 aliphatic carbocycles. The molecular weight excluding hydrogens is 376 g/mol. The van der Waals surface area contributed by atoms with Crippen molar-refractivity contribution in [2.45, 2.75) is 12.5 Å². The van der Waals surface area contributed by atoms with E-state index in [9.17, 15) is 18.0 Å². The quantitative estimate of drug-likeness (QED) is 0.754. The van der Waals surface area contributed by atoms with E-state index in [2.05, 4.69) is 4.18 Å². The Labute approximate surface area is 156 Å². The number of rotatable bonds is 5. The summed E-state index contributed by atoms with van der Waals surface area (Å²) < 4.78 is 31.9. The lowest BCUT2D eigenvalue weighted by atomic mass is 9.99. The Bertz CT molecular complexity index is 864. The van der Waals surface area contributed by atoms with Gasteiger partial charge in [0.15, 0.2) is 0 Å². The molecular formula is C17H20N2O7S. The number of anilines is 1. The summed E-state index contributed by atoms with van der Waals surface area (Å²) in [5.41, 5.74) is 2.66. The van der Waals surface area contributed by atoms with Crippen molar-refractivity contribution in [2.24, 2.45) is 0 Å². The van der Waals surface area contributed by atoms with Crippen molar-refractivity contribution < 1.29 is 32.0 Å². The third kappa shape index (κ3) is 4.77. The Morgan fingerprint density at radius 3 is 2.59 bits per heavy atom. The lowest BCUT2D eigenvalue weighted by Gasteiger charge is -2.24.